The van der Waals surface area contributed by atoms with Crippen molar-refractivity contribution in [1.29, 1.82) is 0 Å². The van der Waals surface area contributed by atoms with Crippen LogP contribution < -0.4 is 0 Å². The van der Waals surface area contributed by atoms with E-state index in [4.69, 9.17) is 4.43 Å². The third-order valence-electron chi connectivity index (χ3n) is 0.694. The van der Waals surface area contributed by atoms with Gasteiger partial charge in [0, 0.05) is 6.92 Å². The summed E-state index contributed by atoms with van der Waals surface area (Å²) in [6, 6.07) is 1.08. The molecule has 0 amide bonds. The van der Waals surface area contributed by atoms with Crippen LogP contribution in [-0.4, -0.2) is 22.5 Å². The second kappa shape index (κ2) is 5.78. The summed E-state index contributed by atoms with van der Waals surface area (Å²) in [5, 5.41) is 0. The zero-order valence-electron chi connectivity index (χ0n) is 5.85. The van der Waals surface area contributed by atoms with Gasteiger partial charge in [-0.25, -0.2) is 0 Å². The van der Waals surface area contributed by atoms with E-state index in [1.54, 1.807) is 0 Å². The third kappa shape index (κ3) is 7.65. The fraction of sp³-hybridized carbons (Fsp3) is 0.800. The SMILES string of the molecule is CC[SiH2]OCOC(C)=O. The highest BCUT2D eigenvalue weighted by Crippen LogP contribution is 1.80. The number of hydrogen-bond acceptors (Lipinski definition) is 3. The van der Waals surface area contributed by atoms with E-state index in [2.05, 4.69) is 11.7 Å². The predicted molar refractivity (Wildman–Crippen MR) is 36.7 cm³/mol. The molecule has 0 fully saturated rings. The van der Waals surface area contributed by atoms with Gasteiger partial charge >= 0.3 is 5.97 Å². The summed E-state index contributed by atoms with van der Waals surface area (Å²) < 4.78 is 9.51. The molecule has 9 heavy (non-hydrogen) atoms. The van der Waals surface area contributed by atoms with E-state index >= 15 is 0 Å². The van der Waals surface area contributed by atoms with E-state index in [9.17, 15) is 4.79 Å². The number of carbonyl (C=O) groups is 1. The minimum atomic E-state index is -0.398. The van der Waals surface area contributed by atoms with Gasteiger partial charge in [0.1, 0.15) is 0 Å². The van der Waals surface area contributed by atoms with Gasteiger partial charge in [0.05, 0.1) is 0 Å². The molecule has 0 spiro atoms. The van der Waals surface area contributed by atoms with Crippen LogP contribution in [0.3, 0.4) is 0 Å². The molecule has 0 heterocycles. The van der Waals surface area contributed by atoms with Crippen molar-refractivity contribution in [3.8, 4) is 0 Å². The molecule has 4 heteroatoms. The van der Waals surface area contributed by atoms with E-state index < -0.39 is 9.76 Å². The van der Waals surface area contributed by atoms with Gasteiger partial charge in [-0.15, -0.1) is 0 Å². The Hall–Kier alpha value is -0.353. The molecule has 0 saturated carbocycles. The number of carbonyl (C=O) groups excluding carboxylic acids is 1. The van der Waals surface area contributed by atoms with E-state index in [0.29, 0.717) is 0 Å². The van der Waals surface area contributed by atoms with Crippen molar-refractivity contribution in [1.82, 2.24) is 0 Å². The Balaban J connectivity index is 2.83. The zero-order chi connectivity index (χ0) is 7.11. The van der Waals surface area contributed by atoms with E-state index in [1.807, 2.05) is 0 Å². The number of esters is 1. The summed E-state index contributed by atoms with van der Waals surface area (Å²) in [5.74, 6) is -0.278. The largest absolute Gasteiger partial charge is 0.440 e. The lowest BCUT2D eigenvalue weighted by Gasteiger charge is -2.00. The van der Waals surface area contributed by atoms with Gasteiger partial charge in [-0.1, -0.05) is 6.92 Å². The second-order valence-electron chi connectivity index (χ2n) is 1.66. The lowest BCUT2D eigenvalue weighted by atomic mass is 10.8. The Morgan fingerprint density at radius 3 is 2.78 bits per heavy atom. The molecular formula is C5H12O3Si. The molecule has 0 aliphatic rings. The Labute approximate surface area is 57.3 Å². The van der Waals surface area contributed by atoms with E-state index in [0.717, 1.165) is 6.04 Å². The first-order valence-electron chi connectivity index (χ1n) is 2.98. The van der Waals surface area contributed by atoms with Crippen LogP contribution in [0.2, 0.25) is 6.04 Å². The van der Waals surface area contributed by atoms with Crippen molar-refractivity contribution in [2.24, 2.45) is 0 Å². The molecule has 0 aliphatic heterocycles. The monoisotopic (exact) mass is 148 g/mol. The molecule has 54 valence electrons. The molecule has 0 aliphatic carbocycles. The van der Waals surface area contributed by atoms with Crippen LogP contribution in [-0.2, 0) is 14.0 Å². The first-order valence-corrected chi connectivity index (χ1v) is 4.56. The summed E-state index contributed by atoms with van der Waals surface area (Å²) >= 11 is 0. The maximum absolute atomic E-state index is 10.1. The quantitative estimate of drug-likeness (QED) is 0.244. The zero-order valence-corrected chi connectivity index (χ0v) is 7.26. The average Bonchev–Trinajstić information content (AvgIpc) is 1.80. The van der Waals surface area contributed by atoms with Gasteiger partial charge in [-0.3, -0.25) is 4.79 Å². The standard InChI is InChI=1S/C5H12O3Si/c1-3-9-8-4-7-5(2)6/h3-4,9H2,1-2H3. The minimum Gasteiger partial charge on any atom is -0.440 e. The van der Waals surface area contributed by atoms with Crippen LogP contribution in [0.15, 0.2) is 0 Å². The fourth-order valence-electron chi connectivity index (χ4n) is 0.328. The molecule has 0 atom stereocenters. The normalized spacial score (nSPS) is 10.4. The molecule has 3 nitrogen and oxygen atoms in total. The predicted octanol–water partition coefficient (Wildman–Crippen LogP) is 0.0456. The highest BCUT2D eigenvalue weighted by molar-refractivity contribution is 6.26. The molecule has 0 aromatic carbocycles. The van der Waals surface area contributed by atoms with Gasteiger partial charge in [-0.05, 0) is 6.04 Å². The smallest absolute Gasteiger partial charge is 0.304 e. The molecule has 0 radical (unpaired) electrons. The number of hydrogen-bond donors (Lipinski definition) is 0. The first-order chi connectivity index (χ1) is 4.27. The Morgan fingerprint density at radius 1 is 1.67 bits per heavy atom. The Morgan fingerprint density at radius 2 is 2.33 bits per heavy atom. The number of ether oxygens (including phenoxy) is 1. The molecule has 0 N–H and O–H groups in total. The molecule has 0 aromatic heterocycles. The van der Waals surface area contributed by atoms with Crippen LogP contribution in [0.25, 0.3) is 0 Å². The van der Waals surface area contributed by atoms with E-state index in [-0.39, 0.29) is 12.8 Å². The maximum Gasteiger partial charge on any atom is 0.304 e. The molecular weight excluding hydrogens is 136 g/mol. The van der Waals surface area contributed by atoms with Gasteiger partial charge in [0.2, 0.25) is 0 Å². The maximum atomic E-state index is 10.1. The number of rotatable bonds is 4. The molecule has 0 aromatic rings. The van der Waals surface area contributed by atoms with E-state index in [1.165, 1.54) is 6.92 Å². The van der Waals surface area contributed by atoms with Crippen LogP contribution in [0.4, 0.5) is 0 Å². The lowest BCUT2D eigenvalue weighted by molar-refractivity contribution is -0.147. The second-order valence-corrected chi connectivity index (χ2v) is 3.48. The highest BCUT2D eigenvalue weighted by Gasteiger charge is 1.89. The van der Waals surface area contributed by atoms with Crippen molar-refractivity contribution in [2.75, 3.05) is 6.79 Å². The van der Waals surface area contributed by atoms with Gasteiger partial charge < -0.3 is 9.16 Å². The third-order valence-corrected chi connectivity index (χ3v) is 1.56. The first kappa shape index (κ1) is 8.65. The summed E-state index contributed by atoms with van der Waals surface area (Å²) in [5.41, 5.74) is 0. The van der Waals surface area contributed by atoms with Crippen molar-refractivity contribution in [3.63, 3.8) is 0 Å². The van der Waals surface area contributed by atoms with Crippen LogP contribution >= 0.6 is 0 Å². The minimum absolute atomic E-state index is 0.148. The summed E-state index contributed by atoms with van der Waals surface area (Å²) in [7, 11) is -0.398. The average molecular weight is 148 g/mol. The van der Waals surface area contributed by atoms with Crippen molar-refractivity contribution < 1.29 is 14.0 Å². The Kier molecular flexibility index (Phi) is 5.55. The van der Waals surface area contributed by atoms with Crippen LogP contribution in [0.1, 0.15) is 13.8 Å². The van der Waals surface area contributed by atoms with Crippen LogP contribution in [0.5, 0.6) is 0 Å². The van der Waals surface area contributed by atoms with Crippen molar-refractivity contribution >= 4 is 15.7 Å². The lowest BCUT2D eigenvalue weighted by Crippen LogP contribution is -2.06. The fourth-order valence-corrected chi connectivity index (χ4v) is 0.818. The summed E-state index contributed by atoms with van der Waals surface area (Å²) in [6.07, 6.45) is 0. The molecule has 0 rings (SSSR count). The van der Waals surface area contributed by atoms with Crippen molar-refractivity contribution in [3.05, 3.63) is 0 Å². The van der Waals surface area contributed by atoms with Gasteiger partial charge in [0.15, 0.2) is 16.6 Å². The van der Waals surface area contributed by atoms with Crippen molar-refractivity contribution in [2.45, 2.75) is 19.9 Å². The molecule has 0 unspecified atom stereocenters. The molecule has 0 bridgehead atoms. The molecule has 0 saturated heterocycles. The Bertz CT molecular complexity index is 84.3. The summed E-state index contributed by atoms with van der Waals surface area (Å²) in [6.45, 7) is 3.58. The highest BCUT2D eigenvalue weighted by atomic mass is 28.2. The topological polar surface area (TPSA) is 35.5 Å². The van der Waals surface area contributed by atoms with Gasteiger partial charge in [0.25, 0.3) is 0 Å². The van der Waals surface area contributed by atoms with Gasteiger partial charge in [-0.2, -0.15) is 0 Å². The van der Waals surface area contributed by atoms with Crippen LogP contribution in [0, 0.1) is 0 Å². The summed E-state index contributed by atoms with van der Waals surface area (Å²) in [4.78, 5) is 10.1.